The Morgan fingerprint density at radius 1 is 1.22 bits per heavy atom. The van der Waals surface area contributed by atoms with Crippen molar-refractivity contribution in [2.24, 2.45) is 0 Å². The van der Waals surface area contributed by atoms with Gasteiger partial charge in [0.05, 0.1) is 19.2 Å². The molecule has 1 aromatic rings. The normalized spacial score (nSPS) is 18.9. The van der Waals surface area contributed by atoms with Gasteiger partial charge in [-0.2, -0.15) is 0 Å². The summed E-state index contributed by atoms with van der Waals surface area (Å²) in [4.78, 5) is 0. The third kappa shape index (κ3) is 3.02. The van der Waals surface area contributed by atoms with Gasteiger partial charge in [0.1, 0.15) is 0 Å². The first kappa shape index (κ1) is 15.4. The van der Waals surface area contributed by atoms with Crippen molar-refractivity contribution in [3.05, 3.63) is 22.7 Å². The molecular formula is C13H19Cl2NO2. The molecule has 1 aliphatic heterocycles. The van der Waals surface area contributed by atoms with E-state index in [9.17, 15) is 0 Å². The van der Waals surface area contributed by atoms with E-state index in [1.807, 2.05) is 12.1 Å². The molecule has 1 fully saturated rings. The molecule has 0 unspecified atom stereocenters. The van der Waals surface area contributed by atoms with E-state index in [0.29, 0.717) is 22.6 Å². The van der Waals surface area contributed by atoms with Crippen LogP contribution in [0, 0.1) is 0 Å². The monoisotopic (exact) mass is 291 g/mol. The Kier molecular flexibility index (Phi) is 6.06. The molecule has 2 rings (SSSR count). The lowest BCUT2D eigenvalue weighted by Gasteiger charge is -2.25. The van der Waals surface area contributed by atoms with Crippen LogP contribution in [0.2, 0.25) is 5.02 Å². The lowest BCUT2D eigenvalue weighted by atomic mass is 9.97. The van der Waals surface area contributed by atoms with E-state index in [1.54, 1.807) is 14.2 Å². The summed E-state index contributed by atoms with van der Waals surface area (Å²) in [6.45, 7) is 1.05. The van der Waals surface area contributed by atoms with E-state index in [-0.39, 0.29) is 12.4 Å². The maximum Gasteiger partial charge on any atom is 0.179 e. The Balaban J connectivity index is 0.00000162. The lowest BCUT2D eigenvalue weighted by molar-refractivity contribution is 0.352. The summed E-state index contributed by atoms with van der Waals surface area (Å²) in [5.41, 5.74) is 1.10. The van der Waals surface area contributed by atoms with E-state index in [0.717, 1.165) is 18.5 Å². The average molecular weight is 292 g/mol. The molecule has 1 N–H and O–H groups in total. The summed E-state index contributed by atoms with van der Waals surface area (Å²) >= 11 is 6.38. The van der Waals surface area contributed by atoms with E-state index in [1.165, 1.54) is 12.8 Å². The number of rotatable bonds is 3. The van der Waals surface area contributed by atoms with E-state index >= 15 is 0 Å². The van der Waals surface area contributed by atoms with Gasteiger partial charge in [-0.05, 0) is 31.0 Å². The number of nitrogens with one attached hydrogen (secondary N) is 1. The quantitative estimate of drug-likeness (QED) is 0.923. The van der Waals surface area contributed by atoms with Crippen molar-refractivity contribution in [2.75, 3.05) is 20.8 Å². The maximum absolute atomic E-state index is 6.38. The first-order chi connectivity index (χ1) is 8.27. The van der Waals surface area contributed by atoms with Crippen LogP contribution in [-0.4, -0.2) is 20.8 Å². The molecule has 1 atom stereocenters. The van der Waals surface area contributed by atoms with Crippen molar-refractivity contribution in [1.82, 2.24) is 5.32 Å². The number of hydrogen-bond acceptors (Lipinski definition) is 3. The number of methoxy groups -OCH3 is 2. The Bertz CT molecular complexity index is 393. The number of hydrogen-bond donors (Lipinski definition) is 1. The maximum atomic E-state index is 6.38. The Morgan fingerprint density at radius 2 is 2.00 bits per heavy atom. The highest BCUT2D eigenvalue weighted by Crippen LogP contribution is 2.40. The molecule has 0 radical (unpaired) electrons. The van der Waals surface area contributed by atoms with Gasteiger partial charge >= 0.3 is 0 Å². The van der Waals surface area contributed by atoms with Crippen molar-refractivity contribution in [2.45, 2.75) is 25.3 Å². The molecule has 1 saturated heterocycles. The van der Waals surface area contributed by atoms with Gasteiger partial charge in [0.2, 0.25) is 0 Å². The molecule has 5 heteroatoms. The third-order valence-electron chi connectivity index (χ3n) is 3.20. The molecule has 1 aromatic carbocycles. The predicted molar refractivity (Wildman–Crippen MR) is 76.4 cm³/mol. The van der Waals surface area contributed by atoms with Gasteiger partial charge in [0.25, 0.3) is 0 Å². The third-order valence-corrected chi connectivity index (χ3v) is 3.59. The highest BCUT2D eigenvalue weighted by molar-refractivity contribution is 6.33. The molecule has 0 aliphatic carbocycles. The Morgan fingerprint density at radius 3 is 2.56 bits per heavy atom. The van der Waals surface area contributed by atoms with Crippen LogP contribution in [0.15, 0.2) is 12.1 Å². The fourth-order valence-corrected chi connectivity index (χ4v) is 2.66. The number of halogens is 2. The molecule has 1 aliphatic rings. The zero-order valence-corrected chi connectivity index (χ0v) is 12.2. The Hall–Kier alpha value is -0.640. The first-order valence-electron chi connectivity index (χ1n) is 5.91. The van der Waals surface area contributed by atoms with Gasteiger partial charge in [-0.1, -0.05) is 24.1 Å². The average Bonchev–Trinajstić information content (AvgIpc) is 2.39. The molecule has 1 heterocycles. The molecule has 3 nitrogen and oxygen atoms in total. The van der Waals surface area contributed by atoms with Gasteiger partial charge in [0, 0.05) is 6.04 Å². The van der Waals surface area contributed by atoms with Crippen LogP contribution < -0.4 is 14.8 Å². The number of benzene rings is 1. The van der Waals surface area contributed by atoms with Crippen molar-refractivity contribution < 1.29 is 9.47 Å². The fourth-order valence-electron chi connectivity index (χ4n) is 2.29. The minimum absolute atomic E-state index is 0. The van der Waals surface area contributed by atoms with Crippen molar-refractivity contribution in [1.29, 1.82) is 0 Å². The topological polar surface area (TPSA) is 30.5 Å². The smallest absolute Gasteiger partial charge is 0.179 e. The summed E-state index contributed by atoms with van der Waals surface area (Å²) in [6.07, 6.45) is 3.60. The molecule has 0 bridgehead atoms. The highest BCUT2D eigenvalue weighted by Gasteiger charge is 2.21. The highest BCUT2D eigenvalue weighted by atomic mass is 35.5. The first-order valence-corrected chi connectivity index (χ1v) is 6.29. The van der Waals surface area contributed by atoms with Crippen molar-refractivity contribution in [3.63, 3.8) is 0 Å². The van der Waals surface area contributed by atoms with E-state index in [2.05, 4.69) is 5.32 Å². The standard InChI is InChI=1S/C13H18ClNO2.ClH/c1-16-11-7-6-9(12(14)13(11)17-2)10-5-3-4-8-15-10;/h6-7,10,15H,3-5,8H2,1-2H3;1H/t10-;/m0./s1. The molecule has 0 saturated carbocycles. The second-order valence-corrected chi connectivity index (χ2v) is 4.58. The minimum Gasteiger partial charge on any atom is -0.493 e. The number of piperidine rings is 1. The van der Waals surface area contributed by atoms with Crippen LogP contribution in [0.5, 0.6) is 11.5 Å². The van der Waals surface area contributed by atoms with Gasteiger partial charge in [0.15, 0.2) is 11.5 Å². The minimum atomic E-state index is 0. The molecular weight excluding hydrogens is 273 g/mol. The van der Waals surface area contributed by atoms with Gasteiger partial charge in [-0.3, -0.25) is 0 Å². The lowest BCUT2D eigenvalue weighted by Crippen LogP contribution is -2.27. The van der Waals surface area contributed by atoms with Crippen LogP contribution in [-0.2, 0) is 0 Å². The van der Waals surface area contributed by atoms with Gasteiger partial charge < -0.3 is 14.8 Å². The Labute approximate surface area is 119 Å². The van der Waals surface area contributed by atoms with E-state index in [4.69, 9.17) is 21.1 Å². The summed E-state index contributed by atoms with van der Waals surface area (Å²) in [6, 6.07) is 4.26. The van der Waals surface area contributed by atoms with Crippen LogP contribution in [0.1, 0.15) is 30.9 Å². The van der Waals surface area contributed by atoms with Crippen LogP contribution in [0.25, 0.3) is 0 Å². The van der Waals surface area contributed by atoms with Gasteiger partial charge in [-0.25, -0.2) is 0 Å². The summed E-state index contributed by atoms with van der Waals surface area (Å²) in [5.74, 6) is 1.30. The molecule has 0 amide bonds. The largest absolute Gasteiger partial charge is 0.493 e. The van der Waals surface area contributed by atoms with Crippen molar-refractivity contribution >= 4 is 24.0 Å². The fraction of sp³-hybridized carbons (Fsp3) is 0.538. The van der Waals surface area contributed by atoms with Crippen LogP contribution in [0.3, 0.4) is 0 Å². The second kappa shape index (κ2) is 7.07. The summed E-state index contributed by atoms with van der Waals surface area (Å²) < 4.78 is 10.5. The zero-order valence-electron chi connectivity index (χ0n) is 10.7. The van der Waals surface area contributed by atoms with Gasteiger partial charge in [-0.15, -0.1) is 12.4 Å². The molecule has 18 heavy (non-hydrogen) atoms. The SMILES string of the molecule is COc1ccc([C@@H]2CCCCN2)c(Cl)c1OC.Cl. The molecule has 0 spiro atoms. The molecule has 0 aromatic heterocycles. The zero-order chi connectivity index (χ0) is 12.3. The summed E-state index contributed by atoms with van der Waals surface area (Å²) in [7, 11) is 3.23. The second-order valence-electron chi connectivity index (χ2n) is 4.21. The van der Waals surface area contributed by atoms with E-state index < -0.39 is 0 Å². The van der Waals surface area contributed by atoms with Crippen LogP contribution >= 0.6 is 24.0 Å². The molecule has 102 valence electrons. The van der Waals surface area contributed by atoms with Crippen molar-refractivity contribution in [3.8, 4) is 11.5 Å². The summed E-state index contributed by atoms with van der Waals surface area (Å²) in [5, 5.41) is 4.14. The predicted octanol–water partition coefficient (Wildman–Crippen LogP) is 3.59. The number of ether oxygens (including phenoxy) is 2. The van der Waals surface area contributed by atoms with Crippen LogP contribution in [0.4, 0.5) is 0 Å².